The lowest BCUT2D eigenvalue weighted by molar-refractivity contribution is 0.476. The van der Waals surface area contributed by atoms with Crippen LogP contribution in [-0.4, -0.2) is 0 Å². The summed E-state index contributed by atoms with van der Waals surface area (Å²) in [4.78, 5) is 0. The Labute approximate surface area is 117 Å². The Kier molecular flexibility index (Phi) is 3.85. The minimum absolute atomic E-state index is 0.193. The van der Waals surface area contributed by atoms with E-state index in [9.17, 15) is 4.39 Å². The van der Waals surface area contributed by atoms with E-state index in [1.165, 1.54) is 12.1 Å². The van der Waals surface area contributed by atoms with Crippen LogP contribution in [0.25, 0.3) is 0 Å². The molecule has 2 aromatic rings. The van der Waals surface area contributed by atoms with Crippen LogP contribution in [0.4, 0.5) is 4.39 Å². The Morgan fingerprint density at radius 2 is 2.00 bits per heavy atom. The minimum Gasteiger partial charge on any atom is -0.456 e. The first kappa shape index (κ1) is 12.9. The summed E-state index contributed by atoms with van der Waals surface area (Å²) >= 11 is 9.25. The monoisotopic (exact) mass is 325 g/mol. The minimum atomic E-state index is -0.530. The lowest BCUT2D eigenvalue weighted by Crippen LogP contribution is -1.88. The van der Waals surface area contributed by atoms with Gasteiger partial charge in [0.2, 0.25) is 0 Å². The van der Waals surface area contributed by atoms with Gasteiger partial charge in [-0.3, -0.25) is 0 Å². The average Bonchev–Trinajstić information content (AvgIpc) is 2.32. The first-order chi connectivity index (χ1) is 8.58. The molecule has 0 aliphatic heterocycles. The molecule has 0 fully saturated rings. The van der Waals surface area contributed by atoms with Crippen molar-refractivity contribution in [3.63, 3.8) is 0 Å². The summed E-state index contributed by atoms with van der Waals surface area (Å²) in [5.41, 5.74) is 0.193. The van der Waals surface area contributed by atoms with E-state index >= 15 is 0 Å². The summed E-state index contributed by atoms with van der Waals surface area (Å²) in [6.45, 7) is 0. The van der Waals surface area contributed by atoms with Gasteiger partial charge in [0.05, 0.1) is 16.7 Å². The van der Waals surface area contributed by atoms with E-state index in [1.807, 2.05) is 6.07 Å². The third kappa shape index (κ3) is 3.00. The second kappa shape index (κ2) is 5.38. The van der Waals surface area contributed by atoms with E-state index in [1.54, 1.807) is 18.2 Å². The molecule has 18 heavy (non-hydrogen) atoms. The summed E-state index contributed by atoms with van der Waals surface area (Å²) in [5, 5.41) is 9.13. The van der Waals surface area contributed by atoms with E-state index in [2.05, 4.69) is 15.9 Å². The molecule has 0 aliphatic carbocycles. The van der Waals surface area contributed by atoms with Crippen LogP contribution >= 0.6 is 27.5 Å². The Hall–Kier alpha value is -1.57. The Morgan fingerprint density at radius 3 is 2.67 bits per heavy atom. The molecule has 2 rings (SSSR count). The highest BCUT2D eigenvalue weighted by Crippen LogP contribution is 2.32. The third-order valence-corrected chi connectivity index (χ3v) is 2.91. The summed E-state index contributed by atoms with van der Waals surface area (Å²) < 4.78 is 19.5. The molecule has 0 N–H and O–H groups in total. The maximum Gasteiger partial charge on any atom is 0.146 e. The molecule has 5 heteroatoms. The standard InChI is InChI=1S/C13H6BrClFNO/c14-9-1-2-13(12(15)5-9)18-11-4-8(7-17)3-10(16)6-11/h1-6H. The van der Waals surface area contributed by atoms with Gasteiger partial charge < -0.3 is 4.74 Å². The van der Waals surface area contributed by atoms with Crippen LogP contribution in [0.5, 0.6) is 11.5 Å². The molecule has 90 valence electrons. The van der Waals surface area contributed by atoms with E-state index in [4.69, 9.17) is 21.6 Å². The number of hydrogen-bond donors (Lipinski definition) is 0. The van der Waals surface area contributed by atoms with Crippen LogP contribution in [0.3, 0.4) is 0 Å². The van der Waals surface area contributed by atoms with Crippen molar-refractivity contribution in [1.29, 1.82) is 5.26 Å². The Morgan fingerprint density at radius 1 is 1.22 bits per heavy atom. The Balaban J connectivity index is 2.34. The molecular weight excluding hydrogens is 321 g/mol. The number of nitrogens with zero attached hydrogens (tertiary/aromatic N) is 1. The highest BCUT2D eigenvalue weighted by atomic mass is 79.9. The molecule has 0 aliphatic rings. The van der Waals surface area contributed by atoms with Crippen molar-refractivity contribution in [1.82, 2.24) is 0 Å². The fourth-order valence-electron chi connectivity index (χ4n) is 1.37. The Bertz CT molecular complexity index is 639. The SMILES string of the molecule is N#Cc1cc(F)cc(Oc2ccc(Br)cc2Cl)c1. The smallest absolute Gasteiger partial charge is 0.146 e. The molecule has 0 spiro atoms. The number of ether oxygens (including phenoxy) is 1. The molecule has 2 aromatic carbocycles. The summed E-state index contributed by atoms with van der Waals surface area (Å²) in [6.07, 6.45) is 0. The summed E-state index contributed by atoms with van der Waals surface area (Å²) in [5.74, 6) is 0.0995. The predicted octanol–water partition coefficient (Wildman–Crippen LogP) is 4.91. The number of hydrogen-bond acceptors (Lipinski definition) is 2. The van der Waals surface area contributed by atoms with Crippen molar-refractivity contribution in [2.24, 2.45) is 0 Å². The molecular formula is C13H6BrClFNO. The van der Waals surface area contributed by atoms with Gasteiger partial charge in [-0.25, -0.2) is 4.39 Å². The third-order valence-electron chi connectivity index (χ3n) is 2.12. The molecule has 0 unspecified atom stereocenters. The fourth-order valence-corrected chi connectivity index (χ4v) is 2.08. The van der Waals surface area contributed by atoms with E-state index in [0.29, 0.717) is 10.8 Å². The fraction of sp³-hybridized carbons (Fsp3) is 0. The topological polar surface area (TPSA) is 33.0 Å². The van der Waals surface area contributed by atoms with Gasteiger partial charge in [0.1, 0.15) is 17.3 Å². The molecule has 0 radical (unpaired) electrons. The van der Waals surface area contributed by atoms with Gasteiger partial charge in [0.25, 0.3) is 0 Å². The molecule has 0 atom stereocenters. The van der Waals surface area contributed by atoms with Gasteiger partial charge in [-0.1, -0.05) is 27.5 Å². The zero-order valence-electron chi connectivity index (χ0n) is 8.95. The number of benzene rings is 2. The quantitative estimate of drug-likeness (QED) is 0.786. The summed E-state index contributed by atoms with van der Waals surface area (Å²) in [7, 11) is 0. The van der Waals surface area contributed by atoms with Crippen LogP contribution in [0.15, 0.2) is 40.9 Å². The van der Waals surface area contributed by atoms with Crippen molar-refractivity contribution < 1.29 is 9.13 Å². The molecule has 0 saturated carbocycles. The largest absolute Gasteiger partial charge is 0.456 e. The van der Waals surface area contributed by atoms with Crippen molar-refractivity contribution in [2.45, 2.75) is 0 Å². The van der Waals surface area contributed by atoms with Gasteiger partial charge in [0, 0.05) is 10.5 Å². The lowest BCUT2D eigenvalue weighted by Gasteiger charge is -2.08. The van der Waals surface area contributed by atoms with E-state index < -0.39 is 5.82 Å². The number of nitriles is 1. The maximum absolute atomic E-state index is 13.2. The molecule has 0 aromatic heterocycles. The van der Waals surface area contributed by atoms with Gasteiger partial charge in [-0.05, 0) is 30.3 Å². The van der Waals surface area contributed by atoms with Gasteiger partial charge in [-0.2, -0.15) is 5.26 Å². The normalized spacial score (nSPS) is 9.89. The van der Waals surface area contributed by atoms with Crippen LogP contribution in [0, 0.1) is 17.1 Å². The number of rotatable bonds is 2. The molecule has 0 bridgehead atoms. The van der Waals surface area contributed by atoms with E-state index in [0.717, 1.165) is 10.5 Å². The first-order valence-electron chi connectivity index (χ1n) is 4.92. The van der Waals surface area contributed by atoms with Gasteiger partial charge >= 0.3 is 0 Å². The number of halogens is 3. The van der Waals surface area contributed by atoms with Gasteiger partial charge in [0.15, 0.2) is 0 Å². The van der Waals surface area contributed by atoms with Crippen molar-refractivity contribution in [3.05, 3.63) is 57.3 Å². The van der Waals surface area contributed by atoms with Crippen LogP contribution in [0.2, 0.25) is 5.02 Å². The van der Waals surface area contributed by atoms with Crippen LogP contribution in [0.1, 0.15) is 5.56 Å². The molecule has 2 nitrogen and oxygen atoms in total. The zero-order valence-corrected chi connectivity index (χ0v) is 11.3. The first-order valence-corrected chi connectivity index (χ1v) is 6.09. The highest BCUT2D eigenvalue weighted by molar-refractivity contribution is 9.10. The van der Waals surface area contributed by atoms with Crippen molar-refractivity contribution >= 4 is 27.5 Å². The maximum atomic E-state index is 13.2. The van der Waals surface area contributed by atoms with Crippen molar-refractivity contribution in [2.75, 3.05) is 0 Å². The zero-order chi connectivity index (χ0) is 13.1. The molecule has 0 saturated heterocycles. The molecule has 0 amide bonds. The predicted molar refractivity (Wildman–Crippen MR) is 70.3 cm³/mol. The van der Waals surface area contributed by atoms with Gasteiger partial charge in [-0.15, -0.1) is 0 Å². The summed E-state index contributed by atoms with van der Waals surface area (Å²) in [6, 6.07) is 10.7. The lowest BCUT2D eigenvalue weighted by atomic mass is 10.2. The second-order valence-corrected chi connectivity index (χ2v) is 4.79. The van der Waals surface area contributed by atoms with Crippen LogP contribution in [-0.2, 0) is 0 Å². The second-order valence-electron chi connectivity index (χ2n) is 3.46. The highest BCUT2D eigenvalue weighted by Gasteiger charge is 2.06. The van der Waals surface area contributed by atoms with Crippen molar-refractivity contribution in [3.8, 4) is 17.6 Å². The molecule has 0 heterocycles. The van der Waals surface area contributed by atoms with Crippen LogP contribution < -0.4 is 4.74 Å². The average molecular weight is 327 g/mol. The van der Waals surface area contributed by atoms with E-state index in [-0.39, 0.29) is 11.3 Å².